The Kier molecular flexibility index (Phi) is 7.69. The normalized spacial score (nSPS) is 15.5. The minimum Gasteiger partial charge on any atom is -0.379 e. The Morgan fingerprint density at radius 3 is 2.73 bits per heavy atom. The first kappa shape index (κ1) is 17.8. The van der Waals surface area contributed by atoms with Crippen molar-refractivity contribution in [1.82, 2.24) is 15.5 Å². The molecule has 22 heavy (non-hydrogen) atoms. The second-order valence-corrected chi connectivity index (χ2v) is 6.40. The second kappa shape index (κ2) is 9.53. The van der Waals surface area contributed by atoms with Gasteiger partial charge >= 0.3 is 0 Å². The molecular weight excluding hydrogens is 341 g/mol. The quantitative estimate of drug-likeness (QED) is 0.601. The molecule has 1 heterocycles. The number of halogens is 2. The number of rotatable bonds is 6. The Balaban J connectivity index is 1.59. The van der Waals surface area contributed by atoms with Gasteiger partial charge in [0.1, 0.15) is 0 Å². The van der Waals surface area contributed by atoms with Gasteiger partial charge in [0.25, 0.3) is 0 Å². The number of nitrogens with one attached hydrogen (secondary N) is 2. The molecule has 0 spiro atoms. The monoisotopic (exact) mass is 361 g/mol. The number of thiocarbonyl (C=S) groups is 1. The molecule has 0 aromatic heterocycles. The summed E-state index contributed by atoms with van der Waals surface area (Å²) in [5.74, 6) is 0. The molecule has 1 saturated heterocycles. The van der Waals surface area contributed by atoms with Gasteiger partial charge in [-0.2, -0.15) is 0 Å². The molecule has 7 heteroatoms. The minimum absolute atomic E-state index is 0.589. The van der Waals surface area contributed by atoms with E-state index in [9.17, 15) is 0 Å². The van der Waals surface area contributed by atoms with Gasteiger partial charge in [-0.1, -0.05) is 29.3 Å². The topological polar surface area (TPSA) is 36.5 Å². The highest BCUT2D eigenvalue weighted by Gasteiger charge is 2.09. The fourth-order valence-electron chi connectivity index (χ4n) is 2.23. The summed E-state index contributed by atoms with van der Waals surface area (Å²) in [7, 11) is 0. The third-order valence-electron chi connectivity index (χ3n) is 3.49. The number of benzene rings is 1. The predicted octanol–water partition coefficient (Wildman–Crippen LogP) is 2.68. The molecule has 1 aliphatic heterocycles. The fourth-order valence-corrected chi connectivity index (χ4v) is 2.88. The molecule has 2 N–H and O–H groups in total. The Morgan fingerprint density at radius 1 is 1.23 bits per heavy atom. The van der Waals surface area contributed by atoms with Gasteiger partial charge in [0.05, 0.1) is 13.2 Å². The zero-order chi connectivity index (χ0) is 15.8. The molecule has 0 atom stereocenters. The van der Waals surface area contributed by atoms with Crippen LogP contribution >= 0.6 is 35.4 Å². The average molecular weight is 362 g/mol. The van der Waals surface area contributed by atoms with Gasteiger partial charge in [0.15, 0.2) is 5.11 Å². The van der Waals surface area contributed by atoms with Gasteiger partial charge in [-0.05, 0) is 42.9 Å². The van der Waals surface area contributed by atoms with Crippen molar-refractivity contribution in [2.45, 2.75) is 13.0 Å². The highest BCUT2D eigenvalue weighted by Crippen LogP contribution is 2.20. The maximum atomic E-state index is 6.12. The summed E-state index contributed by atoms with van der Waals surface area (Å²) in [5, 5.41) is 8.30. The van der Waals surface area contributed by atoms with Gasteiger partial charge in [0.2, 0.25) is 0 Å². The van der Waals surface area contributed by atoms with Crippen molar-refractivity contribution in [1.29, 1.82) is 0 Å². The highest BCUT2D eigenvalue weighted by molar-refractivity contribution is 7.80. The van der Waals surface area contributed by atoms with Crippen LogP contribution in [0.15, 0.2) is 18.2 Å². The molecule has 0 amide bonds. The lowest BCUT2D eigenvalue weighted by molar-refractivity contribution is 0.0376. The lowest BCUT2D eigenvalue weighted by Gasteiger charge is -2.26. The number of hydrogen-bond donors (Lipinski definition) is 2. The molecule has 0 aliphatic carbocycles. The number of ether oxygens (including phenoxy) is 1. The maximum absolute atomic E-state index is 6.12. The Bertz CT molecular complexity index is 496. The van der Waals surface area contributed by atoms with E-state index in [-0.39, 0.29) is 0 Å². The first-order chi connectivity index (χ1) is 10.6. The second-order valence-electron chi connectivity index (χ2n) is 5.15. The molecule has 0 radical (unpaired) electrons. The largest absolute Gasteiger partial charge is 0.379 e. The Hall–Kier alpha value is -0.590. The van der Waals surface area contributed by atoms with Crippen molar-refractivity contribution < 1.29 is 4.74 Å². The van der Waals surface area contributed by atoms with Crippen LogP contribution in [-0.4, -0.2) is 49.4 Å². The number of morpholine rings is 1. The lowest BCUT2D eigenvalue weighted by atomic mass is 10.2. The van der Waals surface area contributed by atoms with Crippen molar-refractivity contribution >= 4 is 40.5 Å². The van der Waals surface area contributed by atoms with Crippen LogP contribution in [-0.2, 0) is 11.3 Å². The van der Waals surface area contributed by atoms with Crippen LogP contribution in [0.1, 0.15) is 12.0 Å². The highest BCUT2D eigenvalue weighted by atomic mass is 35.5. The van der Waals surface area contributed by atoms with Crippen molar-refractivity contribution in [3.63, 3.8) is 0 Å². The van der Waals surface area contributed by atoms with Gasteiger partial charge < -0.3 is 15.4 Å². The molecule has 0 bridgehead atoms. The summed E-state index contributed by atoms with van der Waals surface area (Å²) in [5.41, 5.74) is 0.975. The summed E-state index contributed by atoms with van der Waals surface area (Å²) in [6, 6.07) is 5.46. The van der Waals surface area contributed by atoms with Crippen LogP contribution in [0.2, 0.25) is 10.0 Å². The van der Waals surface area contributed by atoms with Gasteiger partial charge in [-0.15, -0.1) is 0 Å². The SMILES string of the molecule is S=C(NCCCN1CCOCC1)NCc1ccc(Cl)cc1Cl. The summed E-state index contributed by atoms with van der Waals surface area (Å²) in [6.07, 6.45) is 1.06. The maximum Gasteiger partial charge on any atom is 0.166 e. The molecule has 122 valence electrons. The average Bonchev–Trinajstić information content (AvgIpc) is 2.52. The molecule has 4 nitrogen and oxygen atoms in total. The zero-order valence-corrected chi connectivity index (χ0v) is 14.7. The van der Waals surface area contributed by atoms with Crippen molar-refractivity contribution in [2.75, 3.05) is 39.4 Å². The van der Waals surface area contributed by atoms with Crippen LogP contribution in [0.3, 0.4) is 0 Å². The molecule has 1 aromatic rings. The summed E-state index contributed by atoms with van der Waals surface area (Å²) in [4.78, 5) is 2.41. The Labute approximate surface area is 147 Å². The summed E-state index contributed by atoms with van der Waals surface area (Å²) < 4.78 is 5.33. The molecule has 2 rings (SSSR count). The van der Waals surface area contributed by atoms with Crippen LogP contribution in [0.4, 0.5) is 0 Å². The van der Waals surface area contributed by atoms with E-state index in [1.54, 1.807) is 6.07 Å². The Morgan fingerprint density at radius 2 is 2.00 bits per heavy atom. The van der Waals surface area contributed by atoms with E-state index in [1.807, 2.05) is 12.1 Å². The molecule has 1 aromatic carbocycles. The van der Waals surface area contributed by atoms with Crippen molar-refractivity contribution in [3.8, 4) is 0 Å². The predicted molar refractivity (Wildman–Crippen MR) is 95.8 cm³/mol. The summed E-state index contributed by atoms with van der Waals surface area (Å²) >= 11 is 17.3. The van der Waals surface area contributed by atoms with Gasteiger partial charge in [-0.25, -0.2) is 0 Å². The first-order valence-electron chi connectivity index (χ1n) is 7.41. The van der Waals surface area contributed by atoms with Crippen LogP contribution in [0, 0.1) is 0 Å². The van der Waals surface area contributed by atoms with Crippen LogP contribution in [0.25, 0.3) is 0 Å². The fraction of sp³-hybridized carbons (Fsp3) is 0.533. The summed E-state index contributed by atoms with van der Waals surface area (Å²) in [6.45, 7) is 6.25. The van der Waals surface area contributed by atoms with E-state index in [0.717, 1.165) is 51.4 Å². The van der Waals surface area contributed by atoms with Crippen LogP contribution < -0.4 is 10.6 Å². The van der Waals surface area contributed by atoms with Crippen molar-refractivity contribution in [3.05, 3.63) is 33.8 Å². The molecule has 0 saturated carbocycles. The van der Waals surface area contributed by atoms with E-state index in [4.69, 9.17) is 40.2 Å². The number of nitrogens with zero attached hydrogens (tertiary/aromatic N) is 1. The standard InChI is InChI=1S/C15H21Cl2N3OS/c16-13-3-2-12(14(17)10-13)11-19-15(22)18-4-1-5-20-6-8-21-9-7-20/h2-3,10H,1,4-9,11H2,(H2,18,19,22). The first-order valence-corrected chi connectivity index (χ1v) is 8.57. The van der Waals surface area contributed by atoms with E-state index in [2.05, 4.69) is 15.5 Å². The molecule has 0 unspecified atom stereocenters. The van der Waals surface area contributed by atoms with Gasteiger partial charge in [0, 0.05) is 36.2 Å². The number of hydrogen-bond acceptors (Lipinski definition) is 3. The van der Waals surface area contributed by atoms with Crippen molar-refractivity contribution in [2.24, 2.45) is 0 Å². The van der Waals surface area contributed by atoms with E-state index < -0.39 is 0 Å². The van der Waals surface area contributed by atoms with Crippen LogP contribution in [0.5, 0.6) is 0 Å². The third-order valence-corrected chi connectivity index (χ3v) is 4.37. The smallest absolute Gasteiger partial charge is 0.166 e. The van der Waals surface area contributed by atoms with E-state index in [0.29, 0.717) is 21.7 Å². The molecule has 1 aliphatic rings. The van der Waals surface area contributed by atoms with E-state index >= 15 is 0 Å². The molecule has 1 fully saturated rings. The lowest BCUT2D eigenvalue weighted by Crippen LogP contribution is -2.39. The minimum atomic E-state index is 0.589. The third kappa shape index (κ3) is 6.26. The molecular formula is C15H21Cl2N3OS. The van der Waals surface area contributed by atoms with Gasteiger partial charge in [-0.3, -0.25) is 4.90 Å². The zero-order valence-electron chi connectivity index (χ0n) is 12.4. The van der Waals surface area contributed by atoms with E-state index in [1.165, 1.54) is 0 Å².